The van der Waals surface area contributed by atoms with Gasteiger partial charge >= 0.3 is 6.09 Å². The number of rotatable bonds is 5. The molecule has 1 aromatic heterocycles. The van der Waals surface area contributed by atoms with Crippen molar-refractivity contribution in [2.24, 2.45) is 0 Å². The number of halogens is 1. The standard InChI is InChI=1S/C24H25ClN4O4/c1-3-33-24(31)28-13-11-27(12-14-28)23(30)22-16-20(17-7-6-8-18(15-17)32-2)26-29(22)21-10-5-4-9-19(21)25/h4-10,15-16H,3,11-14H2,1-2H3. The minimum atomic E-state index is -0.356. The maximum Gasteiger partial charge on any atom is 0.409 e. The van der Waals surface area contributed by atoms with Gasteiger partial charge in [-0.25, -0.2) is 9.48 Å². The van der Waals surface area contributed by atoms with Gasteiger partial charge in [-0.15, -0.1) is 0 Å². The molecule has 33 heavy (non-hydrogen) atoms. The number of piperazine rings is 1. The molecule has 2 heterocycles. The highest BCUT2D eigenvalue weighted by Crippen LogP contribution is 2.28. The van der Waals surface area contributed by atoms with Gasteiger partial charge in [0, 0.05) is 31.7 Å². The second kappa shape index (κ2) is 9.95. The number of nitrogens with zero attached hydrogens (tertiary/aromatic N) is 4. The van der Waals surface area contributed by atoms with Gasteiger partial charge in [-0.1, -0.05) is 35.9 Å². The van der Waals surface area contributed by atoms with E-state index in [0.29, 0.717) is 60.6 Å². The van der Waals surface area contributed by atoms with Crippen LogP contribution in [0, 0.1) is 0 Å². The van der Waals surface area contributed by atoms with Crippen molar-refractivity contribution in [2.75, 3.05) is 39.9 Å². The first kappa shape index (κ1) is 22.7. The Morgan fingerprint density at radius 1 is 1.00 bits per heavy atom. The van der Waals surface area contributed by atoms with Crippen LogP contribution in [0.1, 0.15) is 17.4 Å². The third-order valence-electron chi connectivity index (χ3n) is 5.47. The lowest BCUT2D eigenvalue weighted by atomic mass is 10.1. The van der Waals surface area contributed by atoms with Crippen LogP contribution in [0.4, 0.5) is 4.79 Å². The number of hydrogen-bond donors (Lipinski definition) is 0. The molecule has 1 aliphatic rings. The molecular formula is C24H25ClN4O4. The molecule has 1 fully saturated rings. The Labute approximate surface area is 197 Å². The lowest BCUT2D eigenvalue weighted by Crippen LogP contribution is -2.51. The van der Waals surface area contributed by atoms with Crippen molar-refractivity contribution in [2.45, 2.75) is 6.92 Å². The number of para-hydroxylation sites is 1. The van der Waals surface area contributed by atoms with Crippen LogP contribution in [0.3, 0.4) is 0 Å². The van der Waals surface area contributed by atoms with Gasteiger partial charge in [-0.3, -0.25) is 4.79 Å². The maximum absolute atomic E-state index is 13.5. The number of ether oxygens (including phenoxy) is 2. The van der Waals surface area contributed by atoms with E-state index in [-0.39, 0.29) is 12.0 Å². The highest BCUT2D eigenvalue weighted by molar-refractivity contribution is 6.32. The van der Waals surface area contributed by atoms with E-state index in [4.69, 9.17) is 26.2 Å². The zero-order chi connectivity index (χ0) is 23.4. The summed E-state index contributed by atoms with van der Waals surface area (Å²) in [5.74, 6) is 0.517. The Balaban J connectivity index is 1.66. The van der Waals surface area contributed by atoms with Crippen LogP contribution in [0.15, 0.2) is 54.6 Å². The highest BCUT2D eigenvalue weighted by atomic mass is 35.5. The largest absolute Gasteiger partial charge is 0.497 e. The third-order valence-corrected chi connectivity index (χ3v) is 5.79. The Morgan fingerprint density at radius 3 is 2.42 bits per heavy atom. The van der Waals surface area contributed by atoms with Gasteiger partial charge in [0.1, 0.15) is 11.4 Å². The molecule has 2 aromatic carbocycles. The molecule has 0 atom stereocenters. The van der Waals surface area contributed by atoms with E-state index in [1.807, 2.05) is 42.5 Å². The monoisotopic (exact) mass is 468 g/mol. The van der Waals surface area contributed by atoms with E-state index in [2.05, 4.69) is 0 Å². The van der Waals surface area contributed by atoms with E-state index < -0.39 is 0 Å². The first-order valence-corrected chi connectivity index (χ1v) is 11.1. The molecule has 0 aliphatic carbocycles. The van der Waals surface area contributed by atoms with Gasteiger partial charge in [-0.05, 0) is 37.3 Å². The van der Waals surface area contributed by atoms with Crippen LogP contribution in [0.25, 0.3) is 16.9 Å². The van der Waals surface area contributed by atoms with Crippen LogP contribution < -0.4 is 4.74 Å². The van der Waals surface area contributed by atoms with E-state index >= 15 is 0 Å². The average Bonchev–Trinajstić information content (AvgIpc) is 3.29. The van der Waals surface area contributed by atoms with Gasteiger partial charge in [0.05, 0.1) is 30.1 Å². The second-order valence-corrected chi connectivity index (χ2v) is 7.90. The Hall–Kier alpha value is -3.52. The van der Waals surface area contributed by atoms with Crippen LogP contribution in [0.5, 0.6) is 5.75 Å². The fourth-order valence-electron chi connectivity index (χ4n) is 3.73. The summed E-state index contributed by atoms with van der Waals surface area (Å²) >= 11 is 6.44. The first-order valence-electron chi connectivity index (χ1n) is 10.7. The van der Waals surface area contributed by atoms with Gasteiger partial charge in [0.2, 0.25) is 0 Å². The summed E-state index contributed by atoms with van der Waals surface area (Å²) < 4.78 is 12.0. The molecule has 0 spiro atoms. The third kappa shape index (κ3) is 4.80. The van der Waals surface area contributed by atoms with Gasteiger partial charge < -0.3 is 19.3 Å². The molecule has 0 N–H and O–H groups in total. The summed E-state index contributed by atoms with van der Waals surface area (Å²) in [6, 6.07) is 16.5. The molecule has 2 amide bonds. The predicted molar refractivity (Wildman–Crippen MR) is 125 cm³/mol. The van der Waals surface area contributed by atoms with E-state index in [1.165, 1.54) is 0 Å². The molecule has 0 saturated carbocycles. The van der Waals surface area contributed by atoms with Crippen LogP contribution in [-0.4, -0.2) is 71.5 Å². The zero-order valence-electron chi connectivity index (χ0n) is 18.5. The van der Waals surface area contributed by atoms with Crippen LogP contribution in [0.2, 0.25) is 5.02 Å². The summed E-state index contributed by atoms with van der Waals surface area (Å²) in [6.07, 6.45) is -0.356. The normalized spacial score (nSPS) is 13.7. The predicted octanol–water partition coefficient (Wildman–Crippen LogP) is 4.12. The van der Waals surface area contributed by atoms with Crippen molar-refractivity contribution in [1.82, 2.24) is 19.6 Å². The minimum absolute atomic E-state index is 0.180. The number of carbonyl (C=O) groups excluding carboxylic acids is 2. The maximum atomic E-state index is 13.5. The Kier molecular flexibility index (Phi) is 6.84. The lowest BCUT2D eigenvalue weighted by molar-refractivity contribution is 0.0563. The van der Waals surface area contributed by atoms with Gasteiger partial charge in [0.15, 0.2) is 0 Å². The van der Waals surface area contributed by atoms with Crippen molar-refractivity contribution in [1.29, 1.82) is 0 Å². The summed E-state index contributed by atoms with van der Waals surface area (Å²) in [5.41, 5.74) is 2.45. The highest BCUT2D eigenvalue weighted by Gasteiger charge is 2.28. The van der Waals surface area contributed by atoms with Crippen LogP contribution >= 0.6 is 11.6 Å². The number of carbonyl (C=O) groups is 2. The Bertz CT molecular complexity index is 1150. The average molecular weight is 469 g/mol. The van der Waals surface area contributed by atoms with Gasteiger partial charge in [-0.2, -0.15) is 5.10 Å². The van der Waals surface area contributed by atoms with Gasteiger partial charge in [0.25, 0.3) is 5.91 Å². The molecular weight excluding hydrogens is 444 g/mol. The molecule has 172 valence electrons. The first-order chi connectivity index (χ1) is 16.0. The van der Waals surface area contributed by atoms with E-state index in [1.54, 1.807) is 40.6 Å². The second-order valence-electron chi connectivity index (χ2n) is 7.49. The van der Waals surface area contributed by atoms with E-state index in [0.717, 1.165) is 5.56 Å². The summed E-state index contributed by atoms with van der Waals surface area (Å²) in [7, 11) is 1.60. The SMILES string of the molecule is CCOC(=O)N1CCN(C(=O)c2cc(-c3cccc(OC)c3)nn2-c2ccccc2Cl)CC1. The van der Waals surface area contributed by atoms with Crippen molar-refractivity contribution < 1.29 is 19.1 Å². The summed E-state index contributed by atoms with van der Waals surface area (Å²) in [6.45, 7) is 3.72. The van der Waals surface area contributed by atoms with Crippen molar-refractivity contribution in [3.8, 4) is 22.7 Å². The zero-order valence-corrected chi connectivity index (χ0v) is 19.3. The lowest BCUT2D eigenvalue weighted by Gasteiger charge is -2.34. The smallest absolute Gasteiger partial charge is 0.409 e. The molecule has 0 bridgehead atoms. The molecule has 8 nitrogen and oxygen atoms in total. The number of benzene rings is 2. The van der Waals surface area contributed by atoms with Crippen molar-refractivity contribution in [3.05, 3.63) is 65.3 Å². The molecule has 1 saturated heterocycles. The molecule has 0 unspecified atom stereocenters. The summed E-state index contributed by atoms with van der Waals surface area (Å²) in [4.78, 5) is 28.9. The molecule has 1 aliphatic heterocycles. The molecule has 0 radical (unpaired) electrons. The van der Waals surface area contributed by atoms with Crippen molar-refractivity contribution in [3.63, 3.8) is 0 Å². The fraction of sp³-hybridized carbons (Fsp3) is 0.292. The van der Waals surface area contributed by atoms with E-state index in [9.17, 15) is 9.59 Å². The summed E-state index contributed by atoms with van der Waals surface area (Å²) in [5, 5.41) is 5.20. The number of aromatic nitrogens is 2. The van der Waals surface area contributed by atoms with Crippen LogP contribution in [-0.2, 0) is 4.74 Å². The molecule has 9 heteroatoms. The molecule has 3 aromatic rings. The number of hydrogen-bond acceptors (Lipinski definition) is 5. The fourth-order valence-corrected chi connectivity index (χ4v) is 3.95. The number of methoxy groups -OCH3 is 1. The topological polar surface area (TPSA) is 76.9 Å². The Morgan fingerprint density at radius 2 is 1.73 bits per heavy atom. The molecule has 4 rings (SSSR count). The minimum Gasteiger partial charge on any atom is -0.497 e. The number of amides is 2. The quantitative estimate of drug-likeness (QED) is 0.563. The van der Waals surface area contributed by atoms with Crippen molar-refractivity contribution >= 4 is 23.6 Å².